The first-order valence-electron chi connectivity index (χ1n) is 14.3. The second-order valence-corrected chi connectivity index (χ2v) is 13.1. The molecule has 9 nitrogen and oxygen atoms in total. The fourth-order valence-electron chi connectivity index (χ4n) is 6.36. The van der Waals surface area contributed by atoms with Crippen LogP contribution in [0.25, 0.3) is 21.8 Å². The SMILES string of the molecule is COCCCn1c(C2CCCN(C(=O)[C@@H]3CN(S(=O)(=O)c4ccc5ccccc5c4)C[C@H]3N)C2)nc2ccccc21. The van der Waals surface area contributed by atoms with E-state index in [0.29, 0.717) is 19.7 Å². The van der Waals surface area contributed by atoms with Gasteiger partial charge in [0, 0.05) is 58.4 Å². The summed E-state index contributed by atoms with van der Waals surface area (Å²) in [5.74, 6) is 0.443. The number of sulfonamides is 1. The highest BCUT2D eigenvalue weighted by Gasteiger charge is 2.43. The van der Waals surface area contributed by atoms with Crippen molar-refractivity contribution in [1.82, 2.24) is 18.8 Å². The van der Waals surface area contributed by atoms with Gasteiger partial charge in [-0.15, -0.1) is 0 Å². The summed E-state index contributed by atoms with van der Waals surface area (Å²) >= 11 is 0. The predicted octanol–water partition coefficient (Wildman–Crippen LogP) is 3.58. The minimum Gasteiger partial charge on any atom is -0.385 e. The van der Waals surface area contributed by atoms with Crippen LogP contribution in [0.1, 0.15) is 31.0 Å². The number of para-hydroxylation sites is 2. The summed E-state index contributed by atoms with van der Waals surface area (Å²) < 4.78 is 36.1. The average Bonchev–Trinajstić information content (AvgIpc) is 3.58. The maximum absolute atomic E-state index is 13.8. The summed E-state index contributed by atoms with van der Waals surface area (Å²) in [4.78, 5) is 20.9. The summed E-state index contributed by atoms with van der Waals surface area (Å²) in [7, 11) is -2.08. The Bertz CT molecular complexity index is 1670. The smallest absolute Gasteiger partial charge is 0.243 e. The van der Waals surface area contributed by atoms with E-state index in [-0.39, 0.29) is 29.8 Å². The molecular formula is C31H37N5O4S. The van der Waals surface area contributed by atoms with Crippen LogP contribution < -0.4 is 5.73 Å². The van der Waals surface area contributed by atoms with Crippen molar-refractivity contribution in [3.05, 3.63) is 72.6 Å². The molecule has 0 bridgehead atoms. The zero-order valence-corrected chi connectivity index (χ0v) is 24.2. The van der Waals surface area contributed by atoms with Crippen LogP contribution in [0.3, 0.4) is 0 Å². The standard InChI is InChI=1S/C31H37N5O4S/c1-40-17-7-16-36-29-12-5-4-11-28(29)33-30(36)24-10-6-15-34(19-24)31(37)26-20-35(21-27(26)32)41(38,39)25-14-13-22-8-2-3-9-23(22)18-25/h2-5,8-9,11-14,18,24,26-27H,6-7,10,15-17,19-21,32H2,1H3/t24?,26-,27-/m1/s1. The van der Waals surface area contributed by atoms with Gasteiger partial charge in [-0.25, -0.2) is 13.4 Å². The number of amides is 1. The highest BCUT2D eigenvalue weighted by atomic mass is 32.2. The van der Waals surface area contributed by atoms with Gasteiger partial charge in [0.1, 0.15) is 5.82 Å². The molecule has 0 radical (unpaired) electrons. The number of carbonyl (C=O) groups excluding carboxylic acids is 1. The second kappa shape index (κ2) is 11.5. The van der Waals surface area contributed by atoms with Crippen LogP contribution in [-0.4, -0.2) is 79.0 Å². The third kappa shape index (κ3) is 5.37. The molecule has 3 atom stereocenters. The molecule has 1 unspecified atom stereocenters. The van der Waals surface area contributed by atoms with E-state index in [4.69, 9.17) is 15.5 Å². The van der Waals surface area contributed by atoms with Crippen LogP contribution in [0.4, 0.5) is 0 Å². The zero-order chi connectivity index (χ0) is 28.6. The molecule has 1 amide bonds. The molecule has 4 aromatic rings. The van der Waals surface area contributed by atoms with Crippen LogP contribution in [-0.2, 0) is 26.1 Å². The Hall–Kier alpha value is -3.31. The number of methoxy groups -OCH3 is 1. The van der Waals surface area contributed by atoms with E-state index in [0.717, 1.165) is 53.4 Å². The van der Waals surface area contributed by atoms with Crippen LogP contribution in [0.5, 0.6) is 0 Å². The largest absolute Gasteiger partial charge is 0.385 e. The van der Waals surface area contributed by atoms with Crippen molar-refractivity contribution in [2.24, 2.45) is 11.7 Å². The van der Waals surface area contributed by atoms with Gasteiger partial charge in [-0.2, -0.15) is 4.31 Å². The van der Waals surface area contributed by atoms with E-state index < -0.39 is 22.0 Å². The Kier molecular flexibility index (Phi) is 7.82. The predicted molar refractivity (Wildman–Crippen MR) is 159 cm³/mol. The second-order valence-electron chi connectivity index (χ2n) is 11.2. The van der Waals surface area contributed by atoms with Crippen molar-refractivity contribution in [3.8, 4) is 0 Å². The van der Waals surface area contributed by atoms with Crippen LogP contribution in [0, 0.1) is 5.92 Å². The van der Waals surface area contributed by atoms with E-state index in [9.17, 15) is 13.2 Å². The van der Waals surface area contributed by atoms with Crippen molar-refractivity contribution in [2.45, 2.75) is 42.7 Å². The Labute approximate surface area is 240 Å². The Morgan fingerprint density at radius 1 is 1.02 bits per heavy atom. The third-order valence-corrected chi connectivity index (χ3v) is 10.3. The first-order valence-corrected chi connectivity index (χ1v) is 15.8. The van der Waals surface area contributed by atoms with E-state index in [1.165, 1.54) is 4.31 Å². The van der Waals surface area contributed by atoms with E-state index in [1.807, 2.05) is 53.4 Å². The van der Waals surface area contributed by atoms with Crippen molar-refractivity contribution in [3.63, 3.8) is 0 Å². The molecule has 216 valence electrons. The molecular weight excluding hydrogens is 538 g/mol. The quantitative estimate of drug-likeness (QED) is 0.322. The molecule has 3 aromatic carbocycles. The monoisotopic (exact) mass is 575 g/mol. The maximum Gasteiger partial charge on any atom is 0.243 e. The number of imidazole rings is 1. The molecule has 2 aliphatic rings. The van der Waals surface area contributed by atoms with Crippen LogP contribution in [0.15, 0.2) is 71.6 Å². The number of nitrogens with two attached hydrogens (primary N) is 1. The van der Waals surface area contributed by atoms with E-state index in [2.05, 4.69) is 10.6 Å². The number of aryl methyl sites for hydroxylation is 1. The topological polar surface area (TPSA) is 111 Å². The minimum atomic E-state index is -3.79. The van der Waals surface area contributed by atoms with Crippen LogP contribution in [0.2, 0.25) is 0 Å². The fourth-order valence-corrected chi connectivity index (χ4v) is 7.90. The van der Waals surface area contributed by atoms with Crippen molar-refractivity contribution < 1.29 is 17.9 Å². The summed E-state index contributed by atoms with van der Waals surface area (Å²) in [6, 6.07) is 20.4. The molecule has 1 aromatic heterocycles. The van der Waals surface area contributed by atoms with Gasteiger partial charge < -0.3 is 19.9 Å². The third-order valence-electron chi connectivity index (χ3n) is 8.52. The van der Waals surface area contributed by atoms with E-state index in [1.54, 1.807) is 19.2 Å². The molecule has 6 rings (SSSR count). The number of aromatic nitrogens is 2. The van der Waals surface area contributed by atoms with E-state index >= 15 is 0 Å². The molecule has 2 fully saturated rings. The molecule has 3 heterocycles. The molecule has 2 N–H and O–H groups in total. The van der Waals surface area contributed by atoms with Gasteiger partial charge in [-0.05, 0) is 54.3 Å². The van der Waals surface area contributed by atoms with Crippen molar-refractivity contribution in [1.29, 1.82) is 0 Å². The minimum absolute atomic E-state index is 0.0690. The highest BCUT2D eigenvalue weighted by Crippen LogP contribution is 2.32. The summed E-state index contributed by atoms with van der Waals surface area (Å²) in [6.45, 7) is 2.86. The Morgan fingerprint density at radius 3 is 2.63 bits per heavy atom. The Balaban J connectivity index is 1.19. The van der Waals surface area contributed by atoms with Gasteiger partial charge >= 0.3 is 0 Å². The number of hydrogen-bond donors (Lipinski definition) is 1. The normalized spacial score (nSPS) is 22.1. The highest BCUT2D eigenvalue weighted by molar-refractivity contribution is 7.89. The molecule has 0 saturated carbocycles. The average molecular weight is 576 g/mol. The number of fused-ring (bicyclic) bond motifs is 2. The lowest BCUT2D eigenvalue weighted by molar-refractivity contribution is -0.136. The number of rotatable bonds is 8. The Morgan fingerprint density at radius 2 is 1.80 bits per heavy atom. The lowest BCUT2D eigenvalue weighted by atomic mass is 9.94. The number of benzene rings is 3. The van der Waals surface area contributed by atoms with Gasteiger partial charge in [0.05, 0.1) is 21.8 Å². The first-order chi connectivity index (χ1) is 19.9. The van der Waals surface area contributed by atoms with Gasteiger partial charge in [0.15, 0.2) is 0 Å². The molecule has 0 aliphatic carbocycles. The zero-order valence-electron chi connectivity index (χ0n) is 23.4. The number of piperidine rings is 1. The summed E-state index contributed by atoms with van der Waals surface area (Å²) in [5.41, 5.74) is 8.50. The number of hydrogen-bond acceptors (Lipinski definition) is 6. The molecule has 10 heteroatoms. The number of carbonyl (C=O) groups is 1. The molecule has 2 saturated heterocycles. The van der Waals surface area contributed by atoms with Gasteiger partial charge in [0.25, 0.3) is 0 Å². The number of likely N-dealkylation sites (tertiary alicyclic amines) is 1. The van der Waals surface area contributed by atoms with Crippen molar-refractivity contribution >= 4 is 37.7 Å². The van der Waals surface area contributed by atoms with Gasteiger partial charge in [0.2, 0.25) is 15.9 Å². The van der Waals surface area contributed by atoms with Gasteiger partial charge in [-0.3, -0.25) is 4.79 Å². The fraction of sp³-hybridized carbons (Fsp3) is 0.419. The first kappa shape index (κ1) is 27.8. The number of nitrogens with zero attached hydrogens (tertiary/aromatic N) is 4. The van der Waals surface area contributed by atoms with Crippen molar-refractivity contribution in [2.75, 3.05) is 39.9 Å². The summed E-state index contributed by atoms with van der Waals surface area (Å²) in [5, 5.41) is 1.84. The molecule has 41 heavy (non-hydrogen) atoms. The lowest BCUT2D eigenvalue weighted by Gasteiger charge is -2.35. The van der Waals surface area contributed by atoms with Crippen LogP contribution >= 0.6 is 0 Å². The summed E-state index contributed by atoms with van der Waals surface area (Å²) in [6.07, 6.45) is 2.67. The number of ether oxygens (including phenoxy) is 1. The maximum atomic E-state index is 13.8. The molecule has 0 spiro atoms. The van der Waals surface area contributed by atoms with Gasteiger partial charge in [-0.1, -0.05) is 42.5 Å². The lowest BCUT2D eigenvalue weighted by Crippen LogP contribution is -2.47. The molecule has 2 aliphatic heterocycles.